The fraction of sp³-hybridized carbons (Fsp3) is 0.533. The summed E-state index contributed by atoms with van der Waals surface area (Å²) in [6, 6.07) is 9.86. The van der Waals surface area contributed by atoms with Crippen LogP contribution in [0.3, 0.4) is 0 Å². The van der Waals surface area contributed by atoms with Gasteiger partial charge in [-0.15, -0.1) is 0 Å². The van der Waals surface area contributed by atoms with Crippen molar-refractivity contribution in [2.45, 2.75) is 32.9 Å². The molecule has 1 unspecified atom stereocenters. The lowest BCUT2D eigenvalue weighted by atomic mass is 9.80. The highest BCUT2D eigenvalue weighted by molar-refractivity contribution is 5.67. The Balaban J connectivity index is 1.87. The highest BCUT2D eigenvalue weighted by Gasteiger charge is 2.35. The molecule has 0 bridgehead atoms. The number of piperidine rings is 1. The highest BCUT2D eigenvalue weighted by atomic mass is 16.6. The smallest absolute Gasteiger partial charge is 0.410 e. The quantitative estimate of drug-likeness (QED) is 0.890. The minimum Gasteiger partial charge on any atom is -0.445 e. The van der Waals surface area contributed by atoms with Crippen LogP contribution in [0.25, 0.3) is 0 Å². The van der Waals surface area contributed by atoms with Crippen molar-refractivity contribution in [2.75, 3.05) is 13.1 Å². The second kappa shape index (κ2) is 5.61. The molecular formula is C15H22N2O2. The van der Waals surface area contributed by atoms with Crippen LogP contribution in [-0.2, 0) is 11.3 Å². The summed E-state index contributed by atoms with van der Waals surface area (Å²) in [7, 11) is 0. The highest BCUT2D eigenvalue weighted by Crippen LogP contribution is 2.28. The first kappa shape index (κ1) is 13.9. The van der Waals surface area contributed by atoms with E-state index in [1.807, 2.05) is 30.3 Å². The molecule has 104 valence electrons. The van der Waals surface area contributed by atoms with Gasteiger partial charge < -0.3 is 15.4 Å². The summed E-state index contributed by atoms with van der Waals surface area (Å²) >= 11 is 0. The SMILES string of the molecule is CC1(C)CN(C(=O)OCc2ccccc2)CCC1N. The molecule has 2 rings (SSSR count). The summed E-state index contributed by atoms with van der Waals surface area (Å²) in [5, 5.41) is 0. The monoisotopic (exact) mass is 262 g/mol. The van der Waals surface area contributed by atoms with Crippen molar-refractivity contribution in [2.24, 2.45) is 11.1 Å². The van der Waals surface area contributed by atoms with Crippen LogP contribution in [0.15, 0.2) is 30.3 Å². The summed E-state index contributed by atoms with van der Waals surface area (Å²) in [5.41, 5.74) is 7.01. The number of carbonyl (C=O) groups excluding carboxylic acids is 1. The van der Waals surface area contributed by atoms with E-state index in [-0.39, 0.29) is 17.6 Å². The van der Waals surface area contributed by atoms with E-state index in [0.29, 0.717) is 19.7 Å². The molecule has 1 amide bonds. The van der Waals surface area contributed by atoms with Gasteiger partial charge in [-0.05, 0) is 17.4 Å². The molecule has 1 fully saturated rings. The Kier molecular flexibility index (Phi) is 4.10. The van der Waals surface area contributed by atoms with E-state index in [0.717, 1.165) is 12.0 Å². The third kappa shape index (κ3) is 3.47. The Hall–Kier alpha value is -1.55. The van der Waals surface area contributed by atoms with Crippen LogP contribution in [0.4, 0.5) is 4.79 Å². The Morgan fingerprint density at radius 3 is 2.74 bits per heavy atom. The topological polar surface area (TPSA) is 55.6 Å². The van der Waals surface area contributed by atoms with Gasteiger partial charge in [0.1, 0.15) is 6.61 Å². The van der Waals surface area contributed by atoms with E-state index in [9.17, 15) is 4.79 Å². The lowest BCUT2D eigenvalue weighted by Gasteiger charge is -2.41. The molecule has 1 saturated heterocycles. The number of likely N-dealkylation sites (tertiary alicyclic amines) is 1. The van der Waals surface area contributed by atoms with Gasteiger partial charge in [-0.25, -0.2) is 4.79 Å². The molecular weight excluding hydrogens is 240 g/mol. The average molecular weight is 262 g/mol. The molecule has 1 aliphatic heterocycles. The molecule has 1 atom stereocenters. The minimum atomic E-state index is -0.246. The van der Waals surface area contributed by atoms with E-state index in [1.54, 1.807) is 4.90 Å². The van der Waals surface area contributed by atoms with Crippen molar-refractivity contribution in [3.8, 4) is 0 Å². The zero-order valence-corrected chi connectivity index (χ0v) is 11.6. The largest absolute Gasteiger partial charge is 0.445 e. The lowest BCUT2D eigenvalue weighted by molar-refractivity contribution is 0.0545. The van der Waals surface area contributed by atoms with E-state index in [2.05, 4.69) is 13.8 Å². The number of hydrogen-bond donors (Lipinski definition) is 1. The molecule has 19 heavy (non-hydrogen) atoms. The van der Waals surface area contributed by atoms with Gasteiger partial charge in [-0.3, -0.25) is 0 Å². The second-order valence-electron chi connectivity index (χ2n) is 5.85. The van der Waals surface area contributed by atoms with Gasteiger partial charge in [0.25, 0.3) is 0 Å². The fourth-order valence-electron chi connectivity index (χ4n) is 2.34. The standard InChI is InChI=1S/C15H22N2O2/c1-15(2)11-17(9-8-13(15)16)14(18)19-10-12-6-4-3-5-7-12/h3-7,13H,8-11,16H2,1-2H3. The number of nitrogens with zero attached hydrogens (tertiary/aromatic N) is 1. The Morgan fingerprint density at radius 1 is 1.42 bits per heavy atom. The third-order valence-electron chi connectivity index (χ3n) is 3.78. The first-order valence-corrected chi connectivity index (χ1v) is 6.70. The number of ether oxygens (including phenoxy) is 1. The first-order chi connectivity index (χ1) is 8.99. The van der Waals surface area contributed by atoms with Crippen LogP contribution in [0.5, 0.6) is 0 Å². The summed E-state index contributed by atoms with van der Waals surface area (Å²) < 4.78 is 5.34. The first-order valence-electron chi connectivity index (χ1n) is 6.70. The van der Waals surface area contributed by atoms with Crippen molar-refractivity contribution in [1.82, 2.24) is 4.90 Å². The number of nitrogens with two attached hydrogens (primary N) is 1. The summed E-state index contributed by atoms with van der Waals surface area (Å²) in [4.78, 5) is 13.8. The number of benzene rings is 1. The summed E-state index contributed by atoms with van der Waals surface area (Å²) in [6.45, 7) is 5.84. The van der Waals surface area contributed by atoms with E-state index in [1.165, 1.54) is 0 Å². The van der Waals surface area contributed by atoms with Gasteiger partial charge in [-0.1, -0.05) is 44.2 Å². The zero-order valence-electron chi connectivity index (χ0n) is 11.6. The molecule has 1 aliphatic rings. The molecule has 1 aromatic carbocycles. The molecule has 4 heteroatoms. The Labute approximate surface area is 114 Å². The van der Waals surface area contributed by atoms with Gasteiger partial charge in [0, 0.05) is 19.1 Å². The maximum absolute atomic E-state index is 12.0. The van der Waals surface area contributed by atoms with Crippen molar-refractivity contribution in [3.63, 3.8) is 0 Å². The van der Waals surface area contributed by atoms with Crippen LogP contribution in [-0.4, -0.2) is 30.1 Å². The van der Waals surface area contributed by atoms with Crippen molar-refractivity contribution in [1.29, 1.82) is 0 Å². The number of carbonyl (C=O) groups is 1. The number of hydrogen-bond acceptors (Lipinski definition) is 3. The zero-order chi connectivity index (χ0) is 13.9. The summed E-state index contributed by atoms with van der Waals surface area (Å²) in [6.07, 6.45) is 0.580. The van der Waals surface area contributed by atoms with Gasteiger partial charge in [-0.2, -0.15) is 0 Å². The molecule has 2 N–H and O–H groups in total. The minimum absolute atomic E-state index is 0.0516. The van der Waals surface area contributed by atoms with Crippen molar-refractivity contribution in [3.05, 3.63) is 35.9 Å². The second-order valence-corrected chi connectivity index (χ2v) is 5.85. The van der Waals surface area contributed by atoms with Gasteiger partial charge >= 0.3 is 6.09 Å². The van der Waals surface area contributed by atoms with Gasteiger partial charge in [0.15, 0.2) is 0 Å². The Morgan fingerprint density at radius 2 is 2.11 bits per heavy atom. The molecule has 0 aliphatic carbocycles. The van der Waals surface area contributed by atoms with Crippen molar-refractivity contribution >= 4 is 6.09 Å². The number of amides is 1. The van der Waals surface area contributed by atoms with Crippen LogP contribution in [0, 0.1) is 5.41 Å². The van der Waals surface area contributed by atoms with Crippen LogP contribution < -0.4 is 5.73 Å². The predicted octanol–water partition coefficient (Wildman–Crippen LogP) is 2.38. The van der Waals surface area contributed by atoms with Crippen LogP contribution in [0.1, 0.15) is 25.8 Å². The van der Waals surface area contributed by atoms with E-state index < -0.39 is 0 Å². The maximum Gasteiger partial charge on any atom is 0.410 e. The Bertz CT molecular complexity index is 431. The van der Waals surface area contributed by atoms with Gasteiger partial charge in [0.05, 0.1) is 0 Å². The fourth-order valence-corrected chi connectivity index (χ4v) is 2.34. The third-order valence-corrected chi connectivity index (χ3v) is 3.78. The lowest BCUT2D eigenvalue weighted by Crippen LogP contribution is -2.54. The molecule has 1 heterocycles. The average Bonchev–Trinajstić information content (AvgIpc) is 2.40. The van der Waals surface area contributed by atoms with Crippen molar-refractivity contribution < 1.29 is 9.53 Å². The van der Waals surface area contributed by atoms with Gasteiger partial charge in [0.2, 0.25) is 0 Å². The molecule has 1 aromatic rings. The van der Waals surface area contributed by atoms with E-state index in [4.69, 9.17) is 10.5 Å². The number of rotatable bonds is 2. The molecule has 0 spiro atoms. The maximum atomic E-state index is 12.0. The molecule has 0 aromatic heterocycles. The molecule has 4 nitrogen and oxygen atoms in total. The molecule has 0 saturated carbocycles. The van der Waals surface area contributed by atoms with Crippen LogP contribution >= 0.6 is 0 Å². The summed E-state index contributed by atoms with van der Waals surface area (Å²) in [5.74, 6) is 0. The predicted molar refractivity (Wildman–Crippen MR) is 74.6 cm³/mol. The van der Waals surface area contributed by atoms with E-state index >= 15 is 0 Å². The van der Waals surface area contributed by atoms with Crippen LogP contribution in [0.2, 0.25) is 0 Å². The normalized spacial score (nSPS) is 22.1. The molecule has 0 radical (unpaired) electrons.